The highest BCUT2D eigenvalue weighted by Gasteiger charge is 2.35. The van der Waals surface area contributed by atoms with Crippen molar-refractivity contribution in [2.24, 2.45) is 5.73 Å². The Morgan fingerprint density at radius 2 is 2.41 bits per heavy atom. The van der Waals surface area contributed by atoms with E-state index in [-0.39, 0.29) is 6.61 Å². The lowest BCUT2D eigenvalue weighted by Crippen LogP contribution is -2.40. The van der Waals surface area contributed by atoms with Crippen molar-refractivity contribution in [1.82, 2.24) is 4.98 Å². The van der Waals surface area contributed by atoms with Crippen molar-refractivity contribution >= 4 is 5.71 Å². The van der Waals surface area contributed by atoms with Crippen molar-refractivity contribution in [1.29, 1.82) is 5.41 Å². The van der Waals surface area contributed by atoms with E-state index in [1.807, 2.05) is 18.3 Å². The topological polar surface area (TPSA) is 83.0 Å². The van der Waals surface area contributed by atoms with Gasteiger partial charge in [0.25, 0.3) is 0 Å². The molecule has 0 spiro atoms. The Morgan fingerprint density at radius 1 is 1.65 bits per heavy atom. The van der Waals surface area contributed by atoms with E-state index in [0.717, 1.165) is 24.8 Å². The van der Waals surface area contributed by atoms with Crippen molar-refractivity contribution < 1.29 is 5.11 Å². The van der Waals surface area contributed by atoms with Gasteiger partial charge < -0.3 is 16.2 Å². The molecule has 1 aromatic heterocycles. The van der Waals surface area contributed by atoms with Crippen LogP contribution in [0.5, 0.6) is 0 Å². The number of hydrogen-bond donors (Lipinski definition) is 3. The zero-order valence-corrected chi connectivity index (χ0v) is 10.1. The van der Waals surface area contributed by atoms with E-state index in [1.54, 1.807) is 6.92 Å². The molecule has 4 N–H and O–H groups in total. The minimum absolute atomic E-state index is 0.0502. The fourth-order valence-electron chi connectivity index (χ4n) is 2.45. The van der Waals surface area contributed by atoms with Crippen LogP contribution in [0.2, 0.25) is 0 Å². The van der Waals surface area contributed by atoms with Gasteiger partial charge in [-0.05, 0) is 43.7 Å². The summed E-state index contributed by atoms with van der Waals surface area (Å²) in [6.45, 7) is 1.78. The van der Waals surface area contributed by atoms with Crippen molar-refractivity contribution in [3.63, 3.8) is 0 Å². The third-order valence-corrected chi connectivity index (χ3v) is 3.60. The molecule has 1 unspecified atom stereocenters. The molecule has 4 heteroatoms. The first-order valence-corrected chi connectivity index (χ1v) is 5.95. The summed E-state index contributed by atoms with van der Waals surface area (Å²) in [6.07, 6.45) is 4.51. The standard InChI is InChI=1S/C13H19N3O/c1-9(14)12-3-2-11(7-16-12)10-4-5-13(15,6-10)8-17/h2-3,7,10,14,17H,4-6,8,15H2,1H3/t10-,13?/m0/s1. The summed E-state index contributed by atoms with van der Waals surface area (Å²) < 4.78 is 0. The van der Waals surface area contributed by atoms with Crippen LogP contribution >= 0.6 is 0 Å². The van der Waals surface area contributed by atoms with Gasteiger partial charge in [0.1, 0.15) is 0 Å². The highest BCUT2D eigenvalue weighted by Crippen LogP contribution is 2.39. The van der Waals surface area contributed by atoms with Crippen molar-refractivity contribution in [3.8, 4) is 0 Å². The predicted molar refractivity (Wildman–Crippen MR) is 67.3 cm³/mol. The van der Waals surface area contributed by atoms with Crippen LogP contribution in [-0.2, 0) is 0 Å². The number of nitrogens with one attached hydrogen (secondary N) is 1. The average Bonchev–Trinajstić information content (AvgIpc) is 2.73. The van der Waals surface area contributed by atoms with Crippen molar-refractivity contribution in [2.45, 2.75) is 37.6 Å². The Morgan fingerprint density at radius 3 is 2.88 bits per heavy atom. The minimum atomic E-state index is -0.416. The molecule has 0 aromatic carbocycles. The summed E-state index contributed by atoms with van der Waals surface area (Å²) in [5.74, 6) is 0.389. The summed E-state index contributed by atoms with van der Waals surface area (Å²) in [5, 5.41) is 16.7. The van der Waals surface area contributed by atoms with Gasteiger partial charge in [0.2, 0.25) is 0 Å². The molecule has 92 valence electrons. The van der Waals surface area contributed by atoms with E-state index in [0.29, 0.717) is 17.3 Å². The van der Waals surface area contributed by atoms with Crippen LogP contribution in [0.4, 0.5) is 0 Å². The van der Waals surface area contributed by atoms with Gasteiger partial charge in [-0.15, -0.1) is 0 Å². The Balaban J connectivity index is 2.12. The lowest BCUT2D eigenvalue weighted by molar-refractivity contribution is 0.198. The number of pyridine rings is 1. The highest BCUT2D eigenvalue weighted by atomic mass is 16.3. The van der Waals surface area contributed by atoms with E-state index < -0.39 is 5.54 Å². The summed E-state index contributed by atoms with van der Waals surface area (Å²) in [5.41, 5.74) is 8.00. The number of nitrogens with zero attached hydrogens (tertiary/aromatic N) is 1. The third kappa shape index (κ3) is 2.53. The average molecular weight is 233 g/mol. The zero-order chi connectivity index (χ0) is 12.5. The quantitative estimate of drug-likeness (QED) is 0.690. The van der Waals surface area contributed by atoms with E-state index in [1.165, 1.54) is 0 Å². The monoisotopic (exact) mass is 233 g/mol. The molecular formula is C13H19N3O. The number of aliphatic hydroxyl groups is 1. The van der Waals surface area contributed by atoms with Gasteiger partial charge in [0.15, 0.2) is 0 Å². The molecule has 0 saturated heterocycles. The van der Waals surface area contributed by atoms with Crippen LogP contribution in [0.1, 0.15) is 43.4 Å². The van der Waals surface area contributed by atoms with E-state index >= 15 is 0 Å². The number of aliphatic hydroxyl groups excluding tert-OH is 1. The summed E-state index contributed by atoms with van der Waals surface area (Å²) in [4.78, 5) is 4.27. The molecule has 0 amide bonds. The van der Waals surface area contributed by atoms with Crippen LogP contribution in [0, 0.1) is 5.41 Å². The number of rotatable bonds is 3. The molecule has 1 saturated carbocycles. The fraction of sp³-hybridized carbons (Fsp3) is 0.538. The molecule has 4 nitrogen and oxygen atoms in total. The molecule has 1 aliphatic rings. The van der Waals surface area contributed by atoms with Crippen LogP contribution in [0.25, 0.3) is 0 Å². The van der Waals surface area contributed by atoms with Crippen LogP contribution in [0.3, 0.4) is 0 Å². The molecule has 2 rings (SSSR count). The largest absolute Gasteiger partial charge is 0.394 e. The molecule has 1 fully saturated rings. The molecule has 1 heterocycles. The maximum atomic E-state index is 9.24. The van der Waals surface area contributed by atoms with E-state index in [9.17, 15) is 5.11 Å². The molecule has 0 bridgehead atoms. The van der Waals surface area contributed by atoms with Crippen LogP contribution in [0.15, 0.2) is 18.3 Å². The first kappa shape index (κ1) is 12.2. The van der Waals surface area contributed by atoms with Crippen LogP contribution in [-0.4, -0.2) is 27.9 Å². The molecule has 1 aliphatic carbocycles. The first-order chi connectivity index (χ1) is 8.04. The summed E-state index contributed by atoms with van der Waals surface area (Å²) in [7, 11) is 0. The molecule has 0 radical (unpaired) electrons. The Labute approximate surface area is 101 Å². The number of hydrogen-bond acceptors (Lipinski definition) is 4. The Bertz CT molecular complexity index is 415. The summed E-state index contributed by atoms with van der Waals surface area (Å²) >= 11 is 0. The minimum Gasteiger partial charge on any atom is -0.394 e. The molecule has 0 aliphatic heterocycles. The highest BCUT2D eigenvalue weighted by molar-refractivity contribution is 5.94. The zero-order valence-electron chi connectivity index (χ0n) is 10.1. The van der Waals surface area contributed by atoms with Crippen molar-refractivity contribution in [3.05, 3.63) is 29.6 Å². The van der Waals surface area contributed by atoms with Gasteiger partial charge in [-0.1, -0.05) is 6.07 Å². The van der Waals surface area contributed by atoms with E-state index in [2.05, 4.69) is 4.98 Å². The SMILES string of the molecule is CC(=N)c1ccc([C@H]2CCC(N)(CO)C2)cn1. The third-order valence-electron chi connectivity index (χ3n) is 3.60. The van der Waals surface area contributed by atoms with E-state index in [4.69, 9.17) is 11.1 Å². The number of nitrogens with two attached hydrogens (primary N) is 1. The lowest BCUT2D eigenvalue weighted by Gasteiger charge is -2.20. The molecule has 1 aromatic rings. The first-order valence-electron chi connectivity index (χ1n) is 5.95. The van der Waals surface area contributed by atoms with Gasteiger partial charge in [-0.25, -0.2) is 0 Å². The fourth-order valence-corrected chi connectivity index (χ4v) is 2.45. The van der Waals surface area contributed by atoms with Gasteiger partial charge >= 0.3 is 0 Å². The van der Waals surface area contributed by atoms with Gasteiger partial charge in [0, 0.05) is 11.7 Å². The van der Waals surface area contributed by atoms with Crippen LogP contribution < -0.4 is 5.73 Å². The Hall–Kier alpha value is -1.26. The molecule has 2 atom stereocenters. The van der Waals surface area contributed by atoms with Crippen molar-refractivity contribution in [2.75, 3.05) is 6.61 Å². The van der Waals surface area contributed by atoms with Gasteiger partial charge in [-0.3, -0.25) is 4.98 Å². The lowest BCUT2D eigenvalue weighted by atomic mass is 9.94. The van der Waals surface area contributed by atoms with Gasteiger partial charge in [0.05, 0.1) is 18.0 Å². The number of aromatic nitrogens is 1. The summed E-state index contributed by atoms with van der Waals surface area (Å²) in [6, 6.07) is 3.90. The predicted octanol–water partition coefficient (Wildman–Crippen LogP) is 1.43. The second-order valence-electron chi connectivity index (χ2n) is 5.06. The smallest absolute Gasteiger partial charge is 0.0834 e. The molecule has 17 heavy (non-hydrogen) atoms. The van der Waals surface area contributed by atoms with Gasteiger partial charge in [-0.2, -0.15) is 0 Å². The second kappa shape index (κ2) is 4.55. The maximum absolute atomic E-state index is 9.24. The normalized spacial score (nSPS) is 28.3. The second-order valence-corrected chi connectivity index (χ2v) is 5.06. The Kier molecular flexibility index (Phi) is 3.26. The maximum Gasteiger partial charge on any atom is 0.0834 e. The molecular weight excluding hydrogens is 214 g/mol.